The molecule has 1 heterocycles. The minimum atomic E-state index is -0.573. The van der Waals surface area contributed by atoms with Gasteiger partial charge in [-0.1, -0.05) is 22.8 Å². The maximum absolute atomic E-state index is 13.5. The van der Waals surface area contributed by atoms with Crippen LogP contribution in [-0.2, 0) is 6.54 Å². The summed E-state index contributed by atoms with van der Waals surface area (Å²) in [5.41, 5.74) is 5.46. The zero-order valence-corrected chi connectivity index (χ0v) is 8.83. The van der Waals surface area contributed by atoms with E-state index in [-0.39, 0.29) is 29.2 Å². The van der Waals surface area contributed by atoms with E-state index in [0.717, 1.165) is 0 Å². The van der Waals surface area contributed by atoms with Crippen LogP contribution in [0.15, 0.2) is 22.6 Å². The quantitative estimate of drug-likeness (QED) is 0.862. The van der Waals surface area contributed by atoms with Crippen LogP contribution < -0.4 is 11.1 Å². The van der Waals surface area contributed by atoms with Crippen molar-refractivity contribution in [1.29, 1.82) is 0 Å². The summed E-state index contributed by atoms with van der Waals surface area (Å²) in [7, 11) is 0. The van der Waals surface area contributed by atoms with Crippen molar-refractivity contribution < 1.29 is 8.81 Å². The SMILES string of the molecule is NCc1nnc(Nc2cccc(Cl)c2F)o1. The van der Waals surface area contributed by atoms with Gasteiger partial charge in [-0.2, -0.15) is 0 Å². The summed E-state index contributed by atoms with van der Waals surface area (Å²) in [4.78, 5) is 0. The van der Waals surface area contributed by atoms with Crippen LogP contribution in [0.4, 0.5) is 16.1 Å². The zero-order chi connectivity index (χ0) is 11.5. The third-order valence-electron chi connectivity index (χ3n) is 1.83. The zero-order valence-electron chi connectivity index (χ0n) is 8.08. The van der Waals surface area contributed by atoms with Crippen molar-refractivity contribution >= 4 is 23.3 Å². The first-order valence-corrected chi connectivity index (χ1v) is 4.82. The second kappa shape index (κ2) is 4.46. The summed E-state index contributed by atoms with van der Waals surface area (Å²) in [6.07, 6.45) is 0. The van der Waals surface area contributed by atoms with E-state index in [1.54, 1.807) is 6.07 Å². The Kier molecular flexibility index (Phi) is 3.02. The van der Waals surface area contributed by atoms with E-state index in [1.807, 2.05) is 0 Å². The van der Waals surface area contributed by atoms with Gasteiger partial charge >= 0.3 is 6.01 Å². The van der Waals surface area contributed by atoms with Crippen LogP contribution in [0, 0.1) is 5.82 Å². The Morgan fingerprint density at radius 3 is 2.94 bits per heavy atom. The number of nitrogens with one attached hydrogen (secondary N) is 1. The highest BCUT2D eigenvalue weighted by molar-refractivity contribution is 6.31. The van der Waals surface area contributed by atoms with Gasteiger partial charge in [0.2, 0.25) is 5.89 Å². The Morgan fingerprint density at radius 2 is 2.25 bits per heavy atom. The average molecular weight is 243 g/mol. The lowest BCUT2D eigenvalue weighted by molar-refractivity contribution is 0.510. The molecule has 84 valence electrons. The van der Waals surface area contributed by atoms with E-state index >= 15 is 0 Å². The summed E-state index contributed by atoms with van der Waals surface area (Å²) >= 11 is 5.61. The molecule has 0 spiro atoms. The van der Waals surface area contributed by atoms with Crippen molar-refractivity contribution in [1.82, 2.24) is 10.2 Å². The molecule has 0 unspecified atom stereocenters. The van der Waals surface area contributed by atoms with Crippen molar-refractivity contribution in [3.63, 3.8) is 0 Å². The van der Waals surface area contributed by atoms with Gasteiger partial charge in [-0.3, -0.25) is 0 Å². The van der Waals surface area contributed by atoms with Crippen LogP contribution in [0.5, 0.6) is 0 Å². The number of halogens is 2. The lowest BCUT2D eigenvalue weighted by atomic mass is 10.3. The monoisotopic (exact) mass is 242 g/mol. The predicted octanol–water partition coefficient (Wildman–Crippen LogP) is 2.06. The third kappa shape index (κ3) is 2.12. The molecule has 3 N–H and O–H groups in total. The molecule has 0 saturated carbocycles. The molecule has 0 aliphatic carbocycles. The topological polar surface area (TPSA) is 77.0 Å². The van der Waals surface area contributed by atoms with E-state index < -0.39 is 5.82 Å². The van der Waals surface area contributed by atoms with Crippen LogP contribution in [0.1, 0.15) is 5.89 Å². The Morgan fingerprint density at radius 1 is 1.44 bits per heavy atom. The Hall–Kier alpha value is -1.66. The number of benzene rings is 1. The molecule has 16 heavy (non-hydrogen) atoms. The van der Waals surface area contributed by atoms with Crippen molar-refractivity contribution in [2.45, 2.75) is 6.54 Å². The molecule has 5 nitrogen and oxygen atoms in total. The number of aromatic nitrogens is 2. The predicted molar refractivity (Wildman–Crippen MR) is 56.9 cm³/mol. The first kappa shape index (κ1) is 10.8. The summed E-state index contributed by atoms with van der Waals surface area (Å²) in [6.45, 7) is 0.132. The van der Waals surface area contributed by atoms with Gasteiger partial charge in [0, 0.05) is 0 Å². The summed E-state index contributed by atoms with van der Waals surface area (Å²) in [5, 5.41) is 9.89. The van der Waals surface area contributed by atoms with Crippen molar-refractivity contribution in [2.24, 2.45) is 5.73 Å². The second-order valence-electron chi connectivity index (χ2n) is 2.93. The van der Waals surface area contributed by atoms with E-state index in [4.69, 9.17) is 21.8 Å². The summed E-state index contributed by atoms with van der Waals surface area (Å²) < 4.78 is 18.5. The first-order chi connectivity index (χ1) is 7.70. The number of hydrogen-bond acceptors (Lipinski definition) is 5. The van der Waals surface area contributed by atoms with E-state index in [0.29, 0.717) is 0 Å². The van der Waals surface area contributed by atoms with Gasteiger partial charge < -0.3 is 15.5 Å². The Bertz CT molecular complexity index is 502. The van der Waals surface area contributed by atoms with Gasteiger partial charge in [0.25, 0.3) is 0 Å². The van der Waals surface area contributed by atoms with Gasteiger partial charge in [0.15, 0.2) is 5.82 Å². The molecule has 0 bridgehead atoms. The molecule has 0 aliphatic heterocycles. The third-order valence-corrected chi connectivity index (χ3v) is 2.13. The minimum absolute atomic E-state index is 0.0172. The largest absolute Gasteiger partial charge is 0.406 e. The second-order valence-corrected chi connectivity index (χ2v) is 3.34. The highest BCUT2D eigenvalue weighted by Gasteiger charge is 2.09. The van der Waals surface area contributed by atoms with Gasteiger partial charge in [0.05, 0.1) is 17.3 Å². The Balaban J connectivity index is 2.23. The lowest BCUT2D eigenvalue weighted by Crippen LogP contribution is -1.95. The number of nitrogens with zero attached hydrogens (tertiary/aromatic N) is 2. The van der Waals surface area contributed by atoms with Crippen molar-refractivity contribution in [3.8, 4) is 0 Å². The molecule has 1 aromatic carbocycles. The lowest BCUT2D eigenvalue weighted by Gasteiger charge is -2.03. The number of hydrogen-bond donors (Lipinski definition) is 2. The summed E-state index contributed by atoms with van der Waals surface area (Å²) in [5.74, 6) is -0.304. The van der Waals surface area contributed by atoms with Crippen LogP contribution in [0.3, 0.4) is 0 Å². The maximum Gasteiger partial charge on any atom is 0.320 e. The van der Waals surface area contributed by atoms with Crippen molar-refractivity contribution in [3.05, 3.63) is 34.9 Å². The molecular formula is C9H8ClFN4O. The van der Waals surface area contributed by atoms with Crippen LogP contribution in [0.2, 0.25) is 5.02 Å². The summed E-state index contributed by atoms with van der Waals surface area (Å²) in [6, 6.07) is 4.63. The number of anilines is 2. The van der Waals surface area contributed by atoms with Gasteiger partial charge in [0.1, 0.15) is 0 Å². The fourth-order valence-electron chi connectivity index (χ4n) is 1.10. The van der Waals surface area contributed by atoms with Crippen molar-refractivity contribution in [2.75, 3.05) is 5.32 Å². The van der Waals surface area contributed by atoms with E-state index in [2.05, 4.69) is 15.5 Å². The van der Waals surface area contributed by atoms with Gasteiger partial charge in [-0.25, -0.2) is 4.39 Å². The van der Waals surface area contributed by atoms with Crippen LogP contribution in [-0.4, -0.2) is 10.2 Å². The van der Waals surface area contributed by atoms with Crippen LogP contribution >= 0.6 is 11.6 Å². The number of nitrogens with two attached hydrogens (primary N) is 1. The molecule has 0 atom stereocenters. The molecule has 0 saturated heterocycles. The average Bonchev–Trinajstić information content (AvgIpc) is 2.73. The molecule has 0 amide bonds. The highest BCUT2D eigenvalue weighted by atomic mass is 35.5. The first-order valence-electron chi connectivity index (χ1n) is 4.44. The van der Waals surface area contributed by atoms with E-state index in [1.165, 1.54) is 12.1 Å². The molecule has 0 fully saturated rings. The molecule has 1 aromatic heterocycles. The van der Waals surface area contributed by atoms with Gasteiger partial charge in [-0.15, -0.1) is 5.10 Å². The fourth-order valence-corrected chi connectivity index (χ4v) is 1.28. The number of rotatable bonds is 3. The fraction of sp³-hybridized carbons (Fsp3) is 0.111. The standard InChI is InChI=1S/C9H8ClFN4O/c10-5-2-1-3-6(8(5)11)13-9-15-14-7(4-12)16-9/h1-3H,4,12H2,(H,13,15). The van der Waals surface area contributed by atoms with E-state index in [9.17, 15) is 4.39 Å². The molecule has 7 heteroatoms. The van der Waals surface area contributed by atoms with Gasteiger partial charge in [-0.05, 0) is 12.1 Å². The molecule has 2 rings (SSSR count). The minimum Gasteiger partial charge on any atom is -0.406 e. The molecule has 0 radical (unpaired) electrons. The molecule has 0 aliphatic rings. The molecular weight excluding hydrogens is 235 g/mol. The smallest absolute Gasteiger partial charge is 0.320 e. The normalized spacial score (nSPS) is 10.4. The van der Waals surface area contributed by atoms with Crippen LogP contribution in [0.25, 0.3) is 0 Å². The Labute approximate surface area is 95.4 Å². The molecule has 2 aromatic rings. The maximum atomic E-state index is 13.5. The highest BCUT2D eigenvalue weighted by Crippen LogP contribution is 2.24.